The molecule has 3 rings (SSSR count). The highest BCUT2D eigenvalue weighted by Crippen LogP contribution is 2.22. The molecule has 27 heavy (non-hydrogen) atoms. The summed E-state index contributed by atoms with van der Waals surface area (Å²) in [4.78, 5) is 37.8. The molecular weight excluding hydrogens is 342 g/mol. The fourth-order valence-electron chi connectivity index (χ4n) is 3.08. The topological polar surface area (TPSA) is 78.4 Å². The minimum absolute atomic E-state index is 0.146. The molecule has 0 unspecified atom stereocenters. The van der Waals surface area contributed by atoms with Crippen molar-refractivity contribution in [3.8, 4) is 0 Å². The fourth-order valence-corrected chi connectivity index (χ4v) is 3.08. The molecule has 0 spiro atoms. The van der Waals surface area contributed by atoms with Crippen LogP contribution in [0.15, 0.2) is 48.9 Å². The van der Waals surface area contributed by atoms with Gasteiger partial charge in [0.2, 0.25) is 11.8 Å². The lowest BCUT2D eigenvalue weighted by Gasteiger charge is -2.38. The molecule has 7 nitrogen and oxygen atoms in total. The van der Waals surface area contributed by atoms with Crippen LogP contribution in [0.3, 0.4) is 0 Å². The largest absolute Gasteiger partial charge is 0.353 e. The van der Waals surface area contributed by atoms with Crippen LogP contribution < -0.4 is 10.2 Å². The van der Waals surface area contributed by atoms with Crippen molar-refractivity contribution in [1.29, 1.82) is 0 Å². The minimum atomic E-state index is -1.12. The normalized spacial score (nSPS) is 14.7. The molecule has 1 saturated heterocycles. The molecule has 1 fully saturated rings. The van der Waals surface area contributed by atoms with Gasteiger partial charge in [-0.2, -0.15) is 0 Å². The average molecular weight is 367 g/mol. The zero-order valence-corrected chi connectivity index (χ0v) is 15.8. The van der Waals surface area contributed by atoms with E-state index in [1.807, 2.05) is 30.3 Å². The van der Waals surface area contributed by atoms with E-state index in [9.17, 15) is 9.59 Å². The number of rotatable bonds is 5. The number of pyridine rings is 2. The SMILES string of the molecule is CC(C)(C(=O)NCc1cccnc1)C(=O)N1CCN(c2ccccn2)CC1. The van der Waals surface area contributed by atoms with Gasteiger partial charge in [0.1, 0.15) is 11.2 Å². The molecule has 3 heterocycles. The Morgan fingerprint density at radius 2 is 1.85 bits per heavy atom. The second-order valence-electron chi connectivity index (χ2n) is 7.14. The maximum Gasteiger partial charge on any atom is 0.237 e. The van der Waals surface area contributed by atoms with E-state index in [1.54, 1.807) is 37.3 Å². The van der Waals surface area contributed by atoms with Crippen LogP contribution in [0, 0.1) is 5.41 Å². The minimum Gasteiger partial charge on any atom is -0.353 e. The van der Waals surface area contributed by atoms with E-state index in [1.165, 1.54) is 0 Å². The summed E-state index contributed by atoms with van der Waals surface area (Å²) in [5, 5.41) is 2.85. The molecule has 0 aromatic carbocycles. The summed E-state index contributed by atoms with van der Waals surface area (Å²) >= 11 is 0. The summed E-state index contributed by atoms with van der Waals surface area (Å²) in [5.74, 6) is 0.494. The average Bonchev–Trinajstić information content (AvgIpc) is 2.73. The number of hydrogen-bond donors (Lipinski definition) is 1. The van der Waals surface area contributed by atoms with Crippen LogP contribution in [0.2, 0.25) is 0 Å². The number of piperazine rings is 1. The number of carbonyl (C=O) groups is 2. The molecular formula is C20H25N5O2. The van der Waals surface area contributed by atoms with Crippen molar-refractivity contribution in [3.63, 3.8) is 0 Å². The van der Waals surface area contributed by atoms with E-state index in [0.29, 0.717) is 32.7 Å². The first-order chi connectivity index (χ1) is 13.0. The summed E-state index contributed by atoms with van der Waals surface area (Å²) in [7, 11) is 0. The molecule has 2 aromatic heterocycles. The molecule has 0 saturated carbocycles. The van der Waals surface area contributed by atoms with E-state index in [-0.39, 0.29) is 11.8 Å². The van der Waals surface area contributed by atoms with Crippen LogP contribution in [0.25, 0.3) is 0 Å². The van der Waals surface area contributed by atoms with Crippen LogP contribution in [0.4, 0.5) is 5.82 Å². The molecule has 1 aliphatic rings. The maximum absolute atomic E-state index is 12.9. The summed E-state index contributed by atoms with van der Waals surface area (Å²) in [6.45, 7) is 6.28. The predicted molar refractivity (Wildman–Crippen MR) is 103 cm³/mol. The van der Waals surface area contributed by atoms with Gasteiger partial charge in [-0.05, 0) is 37.6 Å². The summed E-state index contributed by atoms with van der Waals surface area (Å²) in [5.41, 5.74) is -0.215. The molecule has 2 aromatic rings. The standard InChI is InChI=1S/C20H25N5O2/c1-20(2,18(26)23-15-16-6-5-8-21-14-16)19(27)25-12-10-24(11-13-25)17-7-3-4-9-22-17/h3-9,14H,10-13,15H2,1-2H3,(H,23,26). The van der Waals surface area contributed by atoms with Gasteiger partial charge in [0, 0.05) is 51.3 Å². The quantitative estimate of drug-likeness (QED) is 0.810. The van der Waals surface area contributed by atoms with Crippen LogP contribution in [0.1, 0.15) is 19.4 Å². The lowest BCUT2D eigenvalue weighted by molar-refractivity contribution is -0.148. The fraction of sp³-hybridized carbons (Fsp3) is 0.400. The third-order valence-electron chi connectivity index (χ3n) is 4.82. The third kappa shape index (κ3) is 4.42. The molecule has 0 radical (unpaired) electrons. The van der Waals surface area contributed by atoms with Gasteiger partial charge >= 0.3 is 0 Å². The molecule has 142 valence electrons. The van der Waals surface area contributed by atoms with E-state index < -0.39 is 5.41 Å². The Morgan fingerprint density at radius 1 is 1.07 bits per heavy atom. The monoisotopic (exact) mass is 367 g/mol. The van der Waals surface area contributed by atoms with Crippen molar-refractivity contribution in [2.45, 2.75) is 20.4 Å². The maximum atomic E-state index is 12.9. The van der Waals surface area contributed by atoms with Crippen LogP contribution in [-0.4, -0.2) is 52.9 Å². The Hall–Kier alpha value is -2.96. The Kier molecular flexibility index (Phi) is 5.69. The molecule has 2 amide bonds. The van der Waals surface area contributed by atoms with Gasteiger partial charge in [0.25, 0.3) is 0 Å². The number of nitrogens with one attached hydrogen (secondary N) is 1. The Labute approximate surface area is 159 Å². The van der Waals surface area contributed by atoms with Crippen LogP contribution in [0.5, 0.6) is 0 Å². The van der Waals surface area contributed by atoms with Gasteiger partial charge in [0.15, 0.2) is 0 Å². The zero-order chi connectivity index (χ0) is 19.3. The highest BCUT2D eigenvalue weighted by molar-refractivity contribution is 6.04. The number of hydrogen-bond acceptors (Lipinski definition) is 5. The number of nitrogens with zero attached hydrogens (tertiary/aromatic N) is 4. The van der Waals surface area contributed by atoms with Crippen LogP contribution in [-0.2, 0) is 16.1 Å². The van der Waals surface area contributed by atoms with Crippen molar-refractivity contribution in [2.24, 2.45) is 5.41 Å². The van der Waals surface area contributed by atoms with Crippen molar-refractivity contribution in [2.75, 3.05) is 31.1 Å². The first kappa shape index (κ1) is 18.8. The van der Waals surface area contributed by atoms with E-state index in [0.717, 1.165) is 11.4 Å². The smallest absolute Gasteiger partial charge is 0.237 e. The molecule has 0 aliphatic carbocycles. The predicted octanol–water partition coefficient (Wildman–Crippen LogP) is 1.47. The van der Waals surface area contributed by atoms with Crippen molar-refractivity contribution < 1.29 is 9.59 Å². The molecule has 0 atom stereocenters. The van der Waals surface area contributed by atoms with Gasteiger partial charge < -0.3 is 15.1 Å². The zero-order valence-electron chi connectivity index (χ0n) is 15.8. The van der Waals surface area contributed by atoms with Gasteiger partial charge in [-0.3, -0.25) is 14.6 Å². The van der Waals surface area contributed by atoms with Gasteiger partial charge in [-0.1, -0.05) is 12.1 Å². The molecule has 0 bridgehead atoms. The summed E-state index contributed by atoms with van der Waals surface area (Å²) in [6, 6.07) is 9.51. The van der Waals surface area contributed by atoms with E-state index in [4.69, 9.17) is 0 Å². The summed E-state index contributed by atoms with van der Waals surface area (Å²) < 4.78 is 0. The van der Waals surface area contributed by atoms with Gasteiger partial charge in [-0.25, -0.2) is 4.98 Å². The third-order valence-corrected chi connectivity index (χ3v) is 4.82. The van der Waals surface area contributed by atoms with Gasteiger partial charge in [-0.15, -0.1) is 0 Å². The second-order valence-corrected chi connectivity index (χ2v) is 7.14. The lowest BCUT2D eigenvalue weighted by atomic mass is 9.90. The molecule has 1 aliphatic heterocycles. The van der Waals surface area contributed by atoms with Gasteiger partial charge in [0.05, 0.1) is 0 Å². The lowest BCUT2D eigenvalue weighted by Crippen LogP contribution is -2.55. The number of anilines is 1. The first-order valence-electron chi connectivity index (χ1n) is 9.11. The first-order valence-corrected chi connectivity index (χ1v) is 9.11. The summed E-state index contributed by atoms with van der Waals surface area (Å²) in [6.07, 6.45) is 5.15. The highest BCUT2D eigenvalue weighted by Gasteiger charge is 2.39. The Morgan fingerprint density at radius 3 is 2.48 bits per heavy atom. The number of aromatic nitrogens is 2. The second kappa shape index (κ2) is 8.16. The van der Waals surface area contributed by atoms with Crippen molar-refractivity contribution >= 4 is 17.6 Å². The Balaban J connectivity index is 1.55. The molecule has 7 heteroatoms. The molecule has 1 N–H and O–H groups in total. The van der Waals surface area contributed by atoms with Crippen LogP contribution >= 0.6 is 0 Å². The number of amides is 2. The van der Waals surface area contributed by atoms with Crippen molar-refractivity contribution in [3.05, 3.63) is 54.5 Å². The highest BCUT2D eigenvalue weighted by atomic mass is 16.2. The number of carbonyl (C=O) groups excluding carboxylic acids is 2. The van der Waals surface area contributed by atoms with E-state index >= 15 is 0 Å². The Bertz CT molecular complexity index is 771. The van der Waals surface area contributed by atoms with Crippen molar-refractivity contribution in [1.82, 2.24) is 20.2 Å². The van der Waals surface area contributed by atoms with E-state index in [2.05, 4.69) is 20.2 Å².